The lowest BCUT2D eigenvalue weighted by Crippen LogP contribution is -2.20. The van der Waals surface area contributed by atoms with Crippen LogP contribution in [0.15, 0.2) is 57.7 Å². The van der Waals surface area contributed by atoms with E-state index in [1.54, 1.807) is 12.1 Å². The molecule has 2 aromatic carbocycles. The maximum absolute atomic E-state index is 14.0. The fourth-order valence-corrected chi connectivity index (χ4v) is 5.60. The lowest BCUT2D eigenvalue weighted by atomic mass is 9.83. The summed E-state index contributed by atoms with van der Waals surface area (Å²) in [7, 11) is 0. The summed E-state index contributed by atoms with van der Waals surface area (Å²) < 4.78 is 21.3. The lowest BCUT2D eigenvalue weighted by Gasteiger charge is -2.27. The van der Waals surface area contributed by atoms with Crippen molar-refractivity contribution >= 4 is 28.7 Å². The zero-order valence-electron chi connectivity index (χ0n) is 22.2. The summed E-state index contributed by atoms with van der Waals surface area (Å²) in [5.41, 5.74) is 3.31. The van der Waals surface area contributed by atoms with Crippen LogP contribution in [0.5, 0.6) is 0 Å². The summed E-state index contributed by atoms with van der Waals surface area (Å²) >= 11 is 6.38. The van der Waals surface area contributed by atoms with Gasteiger partial charge in [-0.3, -0.25) is 0 Å². The molecule has 9 nitrogen and oxygen atoms in total. The van der Waals surface area contributed by atoms with Crippen molar-refractivity contribution in [1.29, 1.82) is 0 Å². The largest absolute Gasteiger partial charge is 0.434 e. The lowest BCUT2D eigenvalue weighted by molar-refractivity contribution is 0.267. The molecule has 1 saturated carbocycles. The molecule has 3 heterocycles. The third-order valence-corrected chi connectivity index (χ3v) is 7.84. The van der Waals surface area contributed by atoms with Crippen LogP contribution in [0.1, 0.15) is 51.1 Å². The van der Waals surface area contributed by atoms with Gasteiger partial charge in [0.2, 0.25) is 11.8 Å². The molecule has 1 fully saturated rings. The van der Waals surface area contributed by atoms with Crippen LogP contribution in [0.3, 0.4) is 0 Å². The van der Waals surface area contributed by atoms with E-state index in [9.17, 15) is 9.18 Å². The van der Waals surface area contributed by atoms with Crippen LogP contribution < -0.4 is 11.1 Å². The van der Waals surface area contributed by atoms with Gasteiger partial charge in [-0.1, -0.05) is 55.6 Å². The summed E-state index contributed by atoms with van der Waals surface area (Å²) in [5, 5.41) is 10.2. The second kappa shape index (κ2) is 10.8. The molecule has 1 atom stereocenters. The minimum absolute atomic E-state index is 0.0337. The molecule has 0 spiro atoms. The molecular formula is C29H29ClFN7O2. The second-order valence-corrected chi connectivity index (χ2v) is 11.0. The minimum Gasteiger partial charge on any atom is -0.384 e. The highest BCUT2D eigenvalue weighted by molar-refractivity contribution is 6.30. The molecule has 5 aromatic rings. The first kappa shape index (κ1) is 26.2. The molecule has 11 heteroatoms. The van der Waals surface area contributed by atoms with Crippen molar-refractivity contribution < 1.29 is 8.81 Å². The molecule has 0 bridgehead atoms. The molecule has 0 amide bonds. The number of nitrogens with one attached hydrogen (secondary N) is 2. The third kappa shape index (κ3) is 5.36. The highest BCUT2D eigenvalue weighted by atomic mass is 35.5. The summed E-state index contributed by atoms with van der Waals surface area (Å²) in [4.78, 5) is 26.1. The number of aromatic amines is 1. The maximum Gasteiger partial charge on any atom is 0.434 e. The van der Waals surface area contributed by atoms with Gasteiger partial charge in [0, 0.05) is 17.1 Å². The van der Waals surface area contributed by atoms with Gasteiger partial charge in [0.15, 0.2) is 5.65 Å². The normalized spacial score (nSPS) is 18.2. The second-order valence-electron chi connectivity index (χ2n) is 10.6. The van der Waals surface area contributed by atoms with Crippen molar-refractivity contribution in [2.45, 2.75) is 52.1 Å². The van der Waals surface area contributed by atoms with Crippen molar-refractivity contribution in [3.8, 4) is 23.0 Å². The Kier molecular flexibility index (Phi) is 7.10. The van der Waals surface area contributed by atoms with Crippen molar-refractivity contribution in [2.75, 3.05) is 5.32 Å². The van der Waals surface area contributed by atoms with E-state index in [2.05, 4.69) is 32.0 Å². The first-order valence-electron chi connectivity index (χ1n) is 13.5. The van der Waals surface area contributed by atoms with Crippen LogP contribution in [-0.4, -0.2) is 29.7 Å². The van der Waals surface area contributed by atoms with Gasteiger partial charge in [0.1, 0.15) is 17.0 Å². The van der Waals surface area contributed by atoms with Crippen molar-refractivity contribution in [3.05, 3.63) is 75.5 Å². The monoisotopic (exact) mass is 561 g/mol. The molecule has 0 aliphatic heterocycles. The van der Waals surface area contributed by atoms with Gasteiger partial charge in [-0.2, -0.15) is 4.98 Å². The maximum atomic E-state index is 14.0. The molecule has 0 unspecified atom stereocenters. The topological polar surface area (TPSA) is 115 Å². The SMILES string of the molecule is C[C@H](Nc1nc2nc(-c3n[nH]c(=O)o3)nc(-c3cccc(Cl)c3)c2n1C[C@H]1CC[C@H](C)CC1)c1cccc(F)c1. The van der Waals surface area contributed by atoms with Gasteiger partial charge in [0.25, 0.3) is 5.89 Å². The number of aromatic nitrogens is 6. The van der Waals surface area contributed by atoms with E-state index in [1.165, 1.54) is 25.0 Å². The number of hydrogen-bond donors (Lipinski definition) is 2. The molecule has 3 aromatic heterocycles. The van der Waals surface area contributed by atoms with Crippen LogP contribution in [0.25, 0.3) is 34.1 Å². The van der Waals surface area contributed by atoms with Crippen LogP contribution in [0.4, 0.5) is 10.3 Å². The highest BCUT2D eigenvalue weighted by Gasteiger charge is 2.26. The number of rotatable bonds is 7. The fourth-order valence-electron chi connectivity index (χ4n) is 5.41. The van der Waals surface area contributed by atoms with Gasteiger partial charge >= 0.3 is 5.76 Å². The number of fused-ring (bicyclic) bond motifs is 1. The predicted molar refractivity (Wildman–Crippen MR) is 151 cm³/mol. The molecule has 6 rings (SSSR count). The number of hydrogen-bond acceptors (Lipinski definition) is 7. The molecule has 1 aliphatic rings. The number of benzene rings is 2. The summed E-state index contributed by atoms with van der Waals surface area (Å²) in [6, 6.07) is 13.7. The molecular weight excluding hydrogens is 533 g/mol. The third-order valence-electron chi connectivity index (χ3n) is 7.60. The van der Waals surface area contributed by atoms with Crippen LogP contribution in [0.2, 0.25) is 5.02 Å². The predicted octanol–water partition coefficient (Wildman–Crippen LogP) is 6.63. The summed E-state index contributed by atoms with van der Waals surface area (Å²) in [6.07, 6.45) is 4.59. The van der Waals surface area contributed by atoms with E-state index < -0.39 is 5.76 Å². The van der Waals surface area contributed by atoms with Crippen LogP contribution in [0, 0.1) is 17.7 Å². The Morgan fingerprint density at radius 1 is 1.12 bits per heavy atom. The fraction of sp³-hybridized carbons (Fsp3) is 0.345. The van der Waals surface area contributed by atoms with Crippen molar-refractivity contribution in [2.24, 2.45) is 11.8 Å². The average Bonchev–Trinajstić information content (AvgIpc) is 3.52. The number of nitrogens with zero attached hydrogens (tertiary/aromatic N) is 5. The van der Waals surface area contributed by atoms with Gasteiger partial charge in [-0.15, -0.1) is 5.10 Å². The number of anilines is 1. The van der Waals surface area contributed by atoms with Gasteiger partial charge in [-0.25, -0.2) is 24.3 Å². The van der Waals surface area contributed by atoms with Gasteiger partial charge in [0.05, 0.1) is 6.04 Å². The summed E-state index contributed by atoms with van der Waals surface area (Å²) in [5.74, 6) is 0.869. The molecule has 0 radical (unpaired) electrons. The zero-order chi connectivity index (χ0) is 27.8. The summed E-state index contributed by atoms with van der Waals surface area (Å²) in [6.45, 7) is 4.99. The number of H-pyrrole nitrogens is 1. The van der Waals surface area contributed by atoms with Crippen LogP contribution >= 0.6 is 11.6 Å². The molecule has 1 aliphatic carbocycles. The molecule has 0 saturated heterocycles. The smallest absolute Gasteiger partial charge is 0.384 e. The molecule has 2 N–H and O–H groups in total. The number of imidazole rings is 1. The Balaban J connectivity index is 1.53. The zero-order valence-corrected chi connectivity index (χ0v) is 23.0. The Hall–Kier alpha value is -4.05. The quantitative estimate of drug-likeness (QED) is 0.229. The van der Waals surface area contributed by atoms with E-state index >= 15 is 0 Å². The Labute approximate surface area is 234 Å². The highest BCUT2D eigenvalue weighted by Crippen LogP contribution is 2.36. The molecule has 40 heavy (non-hydrogen) atoms. The standard InChI is InChI=1S/C29H29ClFN7O2/c1-16-9-11-18(12-10-16)15-38-24-23(20-6-3-7-21(30)13-20)33-26(27-36-37-29(39)40-27)34-25(24)35-28(38)32-17(2)19-5-4-8-22(31)14-19/h3-8,13-14,16-18H,9-12,15H2,1-2H3,(H,37,39)(H,32,33,34,35)/t16-,17-,18-/m0/s1. The average molecular weight is 562 g/mol. The molecule has 206 valence electrons. The van der Waals surface area contributed by atoms with E-state index in [-0.39, 0.29) is 23.6 Å². The van der Waals surface area contributed by atoms with Gasteiger partial charge < -0.3 is 14.3 Å². The first-order valence-corrected chi connectivity index (χ1v) is 13.8. The van der Waals surface area contributed by atoms with E-state index in [0.29, 0.717) is 28.2 Å². The Bertz CT molecular complexity index is 1720. The first-order chi connectivity index (χ1) is 19.3. The Morgan fingerprint density at radius 3 is 2.65 bits per heavy atom. The minimum atomic E-state index is -0.702. The van der Waals surface area contributed by atoms with Crippen molar-refractivity contribution in [3.63, 3.8) is 0 Å². The van der Waals surface area contributed by atoms with E-state index in [4.69, 9.17) is 26.0 Å². The number of halogens is 2. The van der Waals surface area contributed by atoms with Crippen LogP contribution in [-0.2, 0) is 6.54 Å². The van der Waals surface area contributed by atoms with E-state index in [1.807, 2.05) is 31.2 Å². The van der Waals surface area contributed by atoms with Gasteiger partial charge in [-0.05, 0) is 61.4 Å². The van der Waals surface area contributed by atoms with Crippen molar-refractivity contribution in [1.82, 2.24) is 29.7 Å². The van der Waals surface area contributed by atoms with E-state index in [0.717, 1.165) is 41.9 Å². The Morgan fingerprint density at radius 2 is 1.93 bits per heavy atom.